The fourth-order valence-electron chi connectivity index (χ4n) is 3.02. The number of carbonyl (C=O) groups is 1. The molecule has 0 spiro atoms. The van der Waals surface area contributed by atoms with Gasteiger partial charge in [0.05, 0.1) is 17.9 Å². The minimum Gasteiger partial charge on any atom is -0.489 e. The zero-order valence-electron chi connectivity index (χ0n) is 18.6. The van der Waals surface area contributed by atoms with Crippen LogP contribution in [0, 0.1) is 0 Å². The van der Waals surface area contributed by atoms with Crippen molar-refractivity contribution in [1.29, 1.82) is 0 Å². The van der Waals surface area contributed by atoms with E-state index in [1.165, 1.54) is 11.3 Å². The summed E-state index contributed by atoms with van der Waals surface area (Å²) >= 11 is 1.33. The van der Waals surface area contributed by atoms with Gasteiger partial charge in [-0.05, 0) is 47.9 Å². The highest BCUT2D eigenvalue weighted by atomic mass is 32.1. The van der Waals surface area contributed by atoms with Gasteiger partial charge in [0.15, 0.2) is 5.01 Å². The maximum Gasteiger partial charge on any atom is 0.280 e. The molecule has 0 aliphatic rings. The molecule has 33 heavy (non-hydrogen) atoms. The number of thiazole rings is 1. The Bertz CT molecular complexity index is 1140. The van der Waals surface area contributed by atoms with E-state index in [9.17, 15) is 4.79 Å². The summed E-state index contributed by atoms with van der Waals surface area (Å²) in [7, 11) is 0. The normalized spacial score (nSPS) is 11.8. The first-order valence-corrected chi connectivity index (χ1v) is 11.5. The molecule has 0 saturated carbocycles. The van der Waals surface area contributed by atoms with Crippen molar-refractivity contribution in [3.05, 3.63) is 78.1 Å². The van der Waals surface area contributed by atoms with Gasteiger partial charge in [-0.1, -0.05) is 30.9 Å². The van der Waals surface area contributed by atoms with Gasteiger partial charge in [-0.15, -0.1) is 11.3 Å². The van der Waals surface area contributed by atoms with E-state index >= 15 is 0 Å². The van der Waals surface area contributed by atoms with Gasteiger partial charge >= 0.3 is 0 Å². The highest BCUT2D eigenvalue weighted by Crippen LogP contribution is 2.35. The third-order valence-corrected chi connectivity index (χ3v) is 5.69. The van der Waals surface area contributed by atoms with Crippen LogP contribution in [-0.4, -0.2) is 48.8 Å². The molecular weight excluding hydrogens is 436 g/mol. The third-order valence-electron chi connectivity index (χ3n) is 4.69. The standard InChI is InChI=1S/C25H28N4O3S/c1-3-5-6-18(4-2)17-28-24(30)25-29-23-21(32-14-13-31-12-9-26)15-20(16-22(23)33-25)19-7-10-27-11-8-19/h3-8,10-11,15-16H,1,9,12-14,17,26H2,2H3,(H,28,30). The van der Waals surface area contributed by atoms with Crippen LogP contribution in [0.25, 0.3) is 21.3 Å². The molecule has 2 aromatic heterocycles. The van der Waals surface area contributed by atoms with E-state index in [2.05, 4.69) is 21.9 Å². The lowest BCUT2D eigenvalue weighted by Gasteiger charge is -2.10. The van der Waals surface area contributed by atoms with Crippen LogP contribution in [0.5, 0.6) is 5.75 Å². The highest BCUT2D eigenvalue weighted by molar-refractivity contribution is 7.20. The van der Waals surface area contributed by atoms with Gasteiger partial charge in [-0.3, -0.25) is 9.78 Å². The summed E-state index contributed by atoms with van der Waals surface area (Å²) in [4.78, 5) is 21.5. The maximum absolute atomic E-state index is 12.8. The van der Waals surface area contributed by atoms with E-state index < -0.39 is 0 Å². The molecule has 0 radical (unpaired) electrons. The first-order chi connectivity index (χ1) is 16.2. The van der Waals surface area contributed by atoms with Gasteiger partial charge in [-0.25, -0.2) is 4.98 Å². The molecule has 2 heterocycles. The van der Waals surface area contributed by atoms with Gasteiger partial charge in [-0.2, -0.15) is 0 Å². The minimum absolute atomic E-state index is 0.231. The monoisotopic (exact) mass is 464 g/mol. The fourth-order valence-corrected chi connectivity index (χ4v) is 3.96. The van der Waals surface area contributed by atoms with Crippen molar-refractivity contribution in [2.45, 2.75) is 6.92 Å². The molecular formula is C25H28N4O3S. The molecule has 3 N–H and O–H groups in total. The number of benzene rings is 1. The van der Waals surface area contributed by atoms with Crippen molar-refractivity contribution in [3.63, 3.8) is 0 Å². The number of hydrogen-bond donors (Lipinski definition) is 2. The predicted molar refractivity (Wildman–Crippen MR) is 134 cm³/mol. The van der Waals surface area contributed by atoms with Crippen LogP contribution < -0.4 is 15.8 Å². The van der Waals surface area contributed by atoms with Crippen LogP contribution in [0.4, 0.5) is 0 Å². The molecule has 0 bridgehead atoms. The lowest BCUT2D eigenvalue weighted by atomic mass is 10.1. The molecule has 0 aliphatic carbocycles. The van der Waals surface area contributed by atoms with Gasteiger partial charge in [0.1, 0.15) is 17.9 Å². The lowest BCUT2D eigenvalue weighted by molar-refractivity contribution is 0.0957. The van der Waals surface area contributed by atoms with Crippen LogP contribution in [0.1, 0.15) is 16.7 Å². The Morgan fingerprint density at radius 1 is 1.21 bits per heavy atom. The number of carbonyl (C=O) groups excluding carboxylic acids is 1. The average molecular weight is 465 g/mol. The largest absolute Gasteiger partial charge is 0.489 e. The smallest absolute Gasteiger partial charge is 0.280 e. The topological polar surface area (TPSA) is 99.4 Å². The van der Waals surface area contributed by atoms with Crippen LogP contribution in [0.3, 0.4) is 0 Å². The van der Waals surface area contributed by atoms with E-state index in [4.69, 9.17) is 15.2 Å². The molecule has 8 heteroatoms. The van der Waals surface area contributed by atoms with E-state index in [0.29, 0.717) is 49.2 Å². The second-order valence-electron chi connectivity index (χ2n) is 6.97. The Morgan fingerprint density at radius 3 is 2.76 bits per heavy atom. The summed E-state index contributed by atoms with van der Waals surface area (Å²) in [6, 6.07) is 7.81. The average Bonchev–Trinajstić information content (AvgIpc) is 3.29. The summed E-state index contributed by atoms with van der Waals surface area (Å²) in [5.74, 6) is 0.374. The predicted octanol–water partition coefficient (Wildman–Crippen LogP) is 4.13. The van der Waals surface area contributed by atoms with Crippen molar-refractivity contribution in [2.75, 3.05) is 32.9 Å². The molecule has 0 unspecified atom stereocenters. The lowest BCUT2D eigenvalue weighted by Crippen LogP contribution is -2.25. The Kier molecular flexibility index (Phi) is 9.31. The minimum atomic E-state index is -0.231. The SMILES string of the molecule is C=CC=CC(=CC)CNC(=O)c1nc2c(OCCOCCN)cc(-c3ccncc3)cc2s1. The summed E-state index contributed by atoms with van der Waals surface area (Å²) in [6.45, 7) is 7.71. The van der Waals surface area contributed by atoms with Gasteiger partial charge in [0.25, 0.3) is 5.91 Å². The highest BCUT2D eigenvalue weighted by Gasteiger charge is 2.17. The summed E-state index contributed by atoms with van der Waals surface area (Å²) in [5, 5.41) is 3.31. The number of rotatable bonds is 12. The number of nitrogens with two attached hydrogens (primary N) is 1. The summed E-state index contributed by atoms with van der Waals surface area (Å²) in [6.07, 6.45) is 10.9. The molecule has 1 amide bonds. The number of amides is 1. The Morgan fingerprint density at radius 2 is 2.03 bits per heavy atom. The van der Waals surface area contributed by atoms with E-state index in [-0.39, 0.29) is 5.91 Å². The number of allylic oxidation sites excluding steroid dienone is 3. The second kappa shape index (κ2) is 12.6. The fraction of sp³-hybridized carbons (Fsp3) is 0.240. The van der Waals surface area contributed by atoms with Crippen molar-refractivity contribution in [2.24, 2.45) is 5.73 Å². The summed E-state index contributed by atoms with van der Waals surface area (Å²) < 4.78 is 12.3. The number of hydrogen-bond acceptors (Lipinski definition) is 7. The first-order valence-electron chi connectivity index (χ1n) is 10.6. The molecule has 0 fully saturated rings. The van der Waals surface area contributed by atoms with E-state index in [0.717, 1.165) is 21.4 Å². The van der Waals surface area contributed by atoms with Crippen molar-refractivity contribution >= 4 is 27.5 Å². The molecule has 0 aliphatic heterocycles. The summed E-state index contributed by atoms with van der Waals surface area (Å²) in [5.41, 5.74) is 9.05. The number of fused-ring (bicyclic) bond motifs is 1. The Hall–Kier alpha value is -3.33. The van der Waals surface area contributed by atoms with Crippen molar-refractivity contribution in [3.8, 4) is 16.9 Å². The maximum atomic E-state index is 12.8. The van der Waals surface area contributed by atoms with Crippen LogP contribution in [0.2, 0.25) is 0 Å². The molecule has 0 saturated heterocycles. The number of nitrogens with one attached hydrogen (secondary N) is 1. The third kappa shape index (κ3) is 6.82. The Labute approximate surface area is 197 Å². The van der Waals surface area contributed by atoms with Gasteiger partial charge in [0.2, 0.25) is 0 Å². The van der Waals surface area contributed by atoms with Crippen LogP contribution >= 0.6 is 11.3 Å². The number of nitrogens with zero attached hydrogens (tertiary/aromatic N) is 2. The molecule has 172 valence electrons. The number of pyridine rings is 1. The molecule has 3 rings (SSSR count). The van der Waals surface area contributed by atoms with Gasteiger partial charge < -0.3 is 20.5 Å². The Balaban J connectivity index is 1.85. The van der Waals surface area contributed by atoms with Crippen molar-refractivity contribution < 1.29 is 14.3 Å². The van der Waals surface area contributed by atoms with Crippen molar-refractivity contribution in [1.82, 2.24) is 15.3 Å². The number of aromatic nitrogens is 2. The first kappa shape index (κ1) is 24.3. The zero-order valence-corrected chi connectivity index (χ0v) is 19.4. The van der Waals surface area contributed by atoms with E-state index in [1.54, 1.807) is 18.5 Å². The van der Waals surface area contributed by atoms with E-state index in [1.807, 2.05) is 49.4 Å². The quantitative estimate of drug-likeness (QED) is 0.309. The molecule has 3 aromatic rings. The zero-order chi connectivity index (χ0) is 23.5. The molecule has 0 atom stereocenters. The second-order valence-corrected chi connectivity index (χ2v) is 8.00. The number of ether oxygens (including phenoxy) is 2. The van der Waals surface area contributed by atoms with Crippen LogP contribution in [0.15, 0.2) is 73.1 Å². The molecule has 7 nitrogen and oxygen atoms in total. The van der Waals surface area contributed by atoms with Crippen LogP contribution in [-0.2, 0) is 4.74 Å². The van der Waals surface area contributed by atoms with Gasteiger partial charge in [0, 0.05) is 25.5 Å². The molecule has 1 aromatic carbocycles.